The molecule has 33 heavy (non-hydrogen) atoms. The molecule has 1 fully saturated rings. The molecule has 1 heterocycles. The molecule has 1 aliphatic rings. The van der Waals surface area contributed by atoms with Crippen molar-refractivity contribution < 1.29 is 23.8 Å². The van der Waals surface area contributed by atoms with E-state index in [4.69, 9.17) is 25.8 Å². The second kappa shape index (κ2) is 9.55. The zero-order valence-corrected chi connectivity index (χ0v) is 19.3. The van der Waals surface area contributed by atoms with E-state index in [1.807, 2.05) is 31.2 Å². The van der Waals surface area contributed by atoms with Crippen LogP contribution in [0.1, 0.15) is 34.5 Å². The summed E-state index contributed by atoms with van der Waals surface area (Å²) in [6.45, 7) is 3.93. The van der Waals surface area contributed by atoms with E-state index >= 15 is 0 Å². The highest BCUT2D eigenvalue weighted by Gasteiger charge is 2.52. The third-order valence-corrected chi connectivity index (χ3v) is 5.79. The number of halogens is 1. The first-order chi connectivity index (χ1) is 15.9. The van der Waals surface area contributed by atoms with E-state index in [1.165, 1.54) is 0 Å². The summed E-state index contributed by atoms with van der Waals surface area (Å²) >= 11 is 6.07. The quantitative estimate of drug-likeness (QED) is 0.346. The minimum absolute atomic E-state index is 0.191. The molecule has 0 saturated carbocycles. The van der Waals surface area contributed by atoms with E-state index in [2.05, 4.69) is 0 Å². The summed E-state index contributed by atoms with van der Waals surface area (Å²) in [5, 5.41) is 0.601. The van der Waals surface area contributed by atoms with Crippen molar-refractivity contribution in [3.05, 3.63) is 88.4 Å². The Morgan fingerprint density at radius 1 is 1.03 bits per heavy atom. The number of β-lactam (4-membered cyclic amide) rings is 1. The number of nitrogens with zero attached hydrogens (tertiary/aromatic N) is 1. The van der Waals surface area contributed by atoms with Crippen LogP contribution in [0.4, 0.5) is 5.69 Å². The summed E-state index contributed by atoms with van der Waals surface area (Å²) < 4.78 is 16.8. The molecule has 0 aliphatic carbocycles. The largest absolute Gasteiger partial charge is 0.496 e. The number of rotatable bonds is 7. The van der Waals surface area contributed by atoms with Gasteiger partial charge in [-0.15, -0.1) is 0 Å². The number of aryl methyl sites for hydroxylation is 1. The number of amides is 1. The normalized spacial score (nSPS) is 17.3. The van der Waals surface area contributed by atoms with Crippen LogP contribution in [-0.4, -0.2) is 31.7 Å². The molecule has 3 aromatic carbocycles. The average molecular weight is 466 g/mol. The second-order valence-electron chi connectivity index (χ2n) is 7.61. The molecular weight excluding hydrogens is 442 g/mol. The molecule has 3 aromatic rings. The van der Waals surface area contributed by atoms with Gasteiger partial charge in [-0.25, -0.2) is 4.79 Å². The highest BCUT2D eigenvalue weighted by Crippen LogP contribution is 2.44. The van der Waals surface area contributed by atoms with Crippen LogP contribution >= 0.6 is 11.6 Å². The summed E-state index contributed by atoms with van der Waals surface area (Å²) in [6.07, 6.45) is -0.745. The van der Waals surface area contributed by atoms with Crippen LogP contribution < -0.4 is 14.4 Å². The molecule has 0 aromatic heterocycles. The first-order valence-electron chi connectivity index (χ1n) is 10.6. The van der Waals surface area contributed by atoms with Crippen molar-refractivity contribution in [3.63, 3.8) is 0 Å². The summed E-state index contributed by atoms with van der Waals surface area (Å²) in [4.78, 5) is 27.0. The molecule has 0 bridgehead atoms. The number of carbonyl (C=O) groups is 2. The Morgan fingerprint density at radius 2 is 1.76 bits per heavy atom. The molecule has 1 aliphatic heterocycles. The average Bonchev–Trinajstić information content (AvgIpc) is 2.82. The summed E-state index contributed by atoms with van der Waals surface area (Å²) in [5.74, 6) is 0.656. The second-order valence-corrected chi connectivity index (χ2v) is 8.05. The van der Waals surface area contributed by atoms with Crippen LogP contribution in [-0.2, 0) is 9.53 Å². The van der Waals surface area contributed by atoms with Crippen molar-refractivity contribution >= 4 is 29.2 Å². The minimum atomic E-state index is -0.745. The van der Waals surface area contributed by atoms with Crippen LogP contribution in [0.5, 0.6) is 11.5 Å². The molecule has 1 amide bonds. The van der Waals surface area contributed by atoms with Crippen LogP contribution in [0.3, 0.4) is 0 Å². The smallest absolute Gasteiger partial charge is 0.338 e. The molecule has 0 radical (unpaired) electrons. The van der Waals surface area contributed by atoms with Gasteiger partial charge in [0.05, 0.1) is 19.3 Å². The minimum Gasteiger partial charge on any atom is -0.496 e. The van der Waals surface area contributed by atoms with Gasteiger partial charge in [0.25, 0.3) is 5.91 Å². The lowest BCUT2D eigenvalue weighted by atomic mass is 9.88. The Morgan fingerprint density at radius 3 is 2.42 bits per heavy atom. The van der Waals surface area contributed by atoms with Gasteiger partial charge in [-0.2, -0.15) is 0 Å². The number of methoxy groups -OCH3 is 1. The molecule has 7 heteroatoms. The number of ether oxygens (including phenoxy) is 3. The van der Waals surface area contributed by atoms with Gasteiger partial charge in [0.1, 0.15) is 17.5 Å². The standard InChI is InChI=1S/C26H24ClNO5/c1-4-32-26(30)17-9-12-19(13-10-17)28-23(20-7-5-6-8-22(20)31-3)24(25(28)29)33-21-14-11-18(27)15-16(21)2/h5-15,23-24H,4H2,1-3H3/t23-,24-/m0/s1. The van der Waals surface area contributed by atoms with Gasteiger partial charge >= 0.3 is 5.97 Å². The molecule has 0 unspecified atom stereocenters. The number of hydrogen-bond donors (Lipinski definition) is 0. The number of esters is 1. The maximum atomic E-state index is 13.3. The van der Waals surface area contributed by atoms with Gasteiger partial charge in [-0.05, 0) is 67.9 Å². The van der Waals surface area contributed by atoms with Crippen LogP contribution in [0.2, 0.25) is 5.02 Å². The van der Waals surface area contributed by atoms with Crippen molar-refractivity contribution in [2.75, 3.05) is 18.6 Å². The topological polar surface area (TPSA) is 65.1 Å². The van der Waals surface area contributed by atoms with Crippen molar-refractivity contribution in [2.45, 2.75) is 26.0 Å². The number of benzene rings is 3. The summed E-state index contributed by atoms with van der Waals surface area (Å²) in [7, 11) is 1.59. The lowest BCUT2D eigenvalue weighted by molar-refractivity contribution is -0.135. The van der Waals surface area contributed by atoms with E-state index in [0.717, 1.165) is 11.1 Å². The third kappa shape index (κ3) is 4.39. The van der Waals surface area contributed by atoms with Crippen molar-refractivity contribution in [2.24, 2.45) is 0 Å². The van der Waals surface area contributed by atoms with Gasteiger partial charge in [-0.1, -0.05) is 29.8 Å². The van der Waals surface area contributed by atoms with Crippen molar-refractivity contribution in [1.82, 2.24) is 0 Å². The lowest BCUT2D eigenvalue weighted by Gasteiger charge is -2.47. The number of para-hydroxylation sites is 1. The fourth-order valence-electron chi connectivity index (χ4n) is 3.93. The highest BCUT2D eigenvalue weighted by molar-refractivity contribution is 6.30. The van der Waals surface area contributed by atoms with Gasteiger partial charge in [0.2, 0.25) is 6.10 Å². The highest BCUT2D eigenvalue weighted by atomic mass is 35.5. The predicted octanol–water partition coefficient (Wildman–Crippen LogP) is 5.37. The Kier molecular flexibility index (Phi) is 6.56. The maximum absolute atomic E-state index is 13.3. The number of hydrogen-bond acceptors (Lipinski definition) is 5. The van der Waals surface area contributed by atoms with Gasteiger partial charge < -0.3 is 14.2 Å². The molecule has 170 valence electrons. The van der Waals surface area contributed by atoms with E-state index in [1.54, 1.807) is 61.4 Å². The Balaban J connectivity index is 1.69. The first kappa shape index (κ1) is 22.7. The van der Waals surface area contributed by atoms with Crippen molar-refractivity contribution in [1.29, 1.82) is 0 Å². The molecule has 6 nitrogen and oxygen atoms in total. The van der Waals surface area contributed by atoms with Gasteiger partial charge in [0, 0.05) is 16.3 Å². The van der Waals surface area contributed by atoms with Crippen LogP contribution in [0.15, 0.2) is 66.7 Å². The summed E-state index contributed by atoms with van der Waals surface area (Å²) in [5.41, 5.74) is 2.74. The molecule has 1 saturated heterocycles. The van der Waals surface area contributed by atoms with Gasteiger partial charge in [-0.3, -0.25) is 9.69 Å². The molecule has 0 N–H and O–H groups in total. The Labute approximate surface area is 197 Å². The van der Waals surface area contributed by atoms with Crippen LogP contribution in [0.25, 0.3) is 0 Å². The zero-order valence-electron chi connectivity index (χ0n) is 18.6. The van der Waals surface area contributed by atoms with E-state index < -0.39 is 18.1 Å². The monoisotopic (exact) mass is 465 g/mol. The first-order valence-corrected chi connectivity index (χ1v) is 11.0. The molecule has 4 rings (SSSR count). The SMILES string of the molecule is CCOC(=O)c1ccc(N2C(=O)[C@@H](Oc3ccc(Cl)cc3C)[C@@H]2c2ccccc2OC)cc1. The molecule has 2 atom stereocenters. The van der Waals surface area contributed by atoms with Crippen molar-refractivity contribution in [3.8, 4) is 11.5 Å². The number of carbonyl (C=O) groups excluding carboxylic acids is 2. The fourth-order valence-corrected chi connectivity index (χ4v) is 4.16. The maximum Gasteiger partial charge on any atom is 0.338 e. The van der Waals surface area contributed by atoms with E-state index in [0.29, 0.717) is 34.4 Å². The Hall–Kier alpha value is -3.51. The fraction of sp³-hybridized carbons (Fsp3) is 0.231. The summed E-state index contributed by atoms with van der Waals surface area (Å²) in [6, 6.07) is 19.2. The predicted molar refractivity (Wildman–Crippen MR) is 126 cm³/mol. The Bertz CT molecular complexity index is 1180. The zero-order chi connectivity index (χ0) is 23.5. The van der Waals surface area contributed by atoms with E-state index in [9.17, 15) is 9.59 Å². The lowest BCUT2D eigenvalue weighted by Crippen LogP contribution is -2.61. The molecular formula is C26H24ClNO5. The number of anilines is 1. The third-order valence-electron chi connectivity index (χ3n) is 5.55. The van der Waals surface area contributed by atoms with E-state index in [-0.39, 0.29) is 5.91 Å². The van der Waals surface area contributed by atoms with Crippen LogP contribution in [0, 0.1) is 6.92 Å². The van der Waals surface area contributed by atoms with Gasteiger partial charge in [0.15, 0.2) is 0 Å². The molecule has 0 spiro atoms.